The van der Waals surface area contributed by atoms with E-state index >= 15 is 0 Å². The Hall–Kier alpha value is -2.11. The summed E-state index contributed by atoms with van der Waals surface area (Å²) in [6.07, 6.45) is -1.16. The lowest BCUT2D eigenvalue weighted by molar-refractivity contribution is -0.138. The fourth-order valence-corrected chi connectivity index (χ4v) is 2.43. The summed E-state index contributed by atoms with van der Waals surface area (Å²) < 4.78 is 18.9. The molecule has 2 aromatic rings. The molecule has 4 nitrogen and oxygen atoms in total. The number of nitrogens with zero attached hydrogens (tertiary/aromatic N) is 1. The second-order valence-electron chi connectivity index (χ2n) is 5.17. The Labute approximate surface area is 148 Å². The monoisotopic (exact) mass is 369 g/mol. The zero-order valence-electron chi connectivity index (χ0n) is 12.9. The number of hydrogen-bond donors (Lipinski definition) is 0. The highest BCUT2D eigenvalue weighted by molar-refractivity contribution is 6.36. The van der Waals surface area contributed by atoms with Crippen LogP contribution in [-0.4, -0.2) is 30.9 Å². The van der Waals surface area contributed by atoms with E-state index in [0.717, 1.165) is 12.1 Å². The van der Waals surface area contributed by atoms with Gasteiger partial charge in [-0.2, -0.15) is 0 Å². The SMILES string of the molecule is CN(C)C(=O)[C@@H](OC(=O)c1cc(F)c(Cl)cc1Cl)c1ccccc1. The summed E-state index contributed by atoms with van der Waals surface area (Å²) in [7, 11) is 3.09. The number of hydrogen-bond acceptors (Lipinski definition) is 3. The van der Waals surface area contributed by atoms with E-state index in [2.05, 4.69) is 0 Å². The second-order valence-corrected chi connectivity index (χ2v) is 5.99. The Morgan fingerprint density at radius 3 is 2.29 bits per heavy atom. The standard InChI is InChI=1S/C17H14Cl2FNO3/c1-21(2)16(22)15(10-6-4-3-5-7-10)24-17(23)11-8-14(20)13(19)9-12(11)18/h3-9,15H,1-2H3/t15-/m0/s1. The van der Waals surface area contributed by atoms with Gasteiger partial charge in [-0.25, -0.2) is 9.18 Å². The minimum atomic E-state index is -1.16. The maximum absolute atomic E-state index is 13.6. The molecule has 1 amide bonds. The molecule has 1 atom stereocenters. The van der Waals surface area contributed by atoms with Gasteiger partial charge in [0.2, 0.25) is 6.10 Å². The molecule has 0 bridgehead atoms. The van der Waals surface area contributed by atoms with Crippen molar-refractivity contribution in [1.29, 1.82) is 0 Å². The van der Waals surface area contributed by atoms with E-state index in [0.29, 0.717) is 5.56 Å². The number of rotatable bonds is 4. The van der Waals surface area contributed by atoms with Gasteiger partial charge in [-0.3, -0.25) is 4.79 Å². The van der Waals surface area contributed by atoms with Crippen LogP contribution >= 0.6 is 23.2 Å². The van der Waals surface area contributed by atoms with Gasteiger partial charge in [0.25, 0.3) is 5.91 Å². The van der Waals surface area contributed by atoms with Crippen LogP contribution in [0.15, 0.2) is 42.5 Å². The van der Waals surface area contributed by atoms with Gasteiger partial charge >= 0.3 is 5.97 Å². The van der Waals surface area contributed by atoms with Crippen LogP contribution in [0.25, 0.3) is 0 Å². The molecule has 126 valence electrons. The van der Waals surface area contributed by atoms with Gasteiger partial charge in [-0.15, -0.1) is 0 Å². The van der Waals surface area contributed by atoms with Gasteiger partial charge in [0.1, 0.15) is 5.82 Å². The van der Waals surface area contributed by atoms with Crippen molar-refractivity contribution in [3.63, 3.8) is 0 Å². The maximum Gasteiger partial charge on any atom is 0.340 e. The van der Waals surface area contributed by atoms with Crippen molar-refractivity contribution in [2.75, 3.05) is 14.1 Å². The number of benzene rings is 2. The first kappa shape index (κ1) is 18.2. The van der Waals surface area contributed by atoms with Gasteiger partial charge < -0.3 is 9.64 Å². The highest BCUT2D eigenvalue weighted by Gasteiger charge is 2.28. The van der Waals surface area contributed by atoms with Crippen LogP contribution in [0, 0.1) is 5.82 Å². The predicted molar refractivity (Wildman–Crippen MR) is 89.7 cm³/mol. The molecule has 0 fully saturated rings. The van der Waals surface area contributed by atoms with E-state index in [1.165, 1.54) is 4.90 Å². The topological polar surface area (TPSA) is 46.6 Å². The maximum atomic E-state index is 13.6. The van der Waals surface area contributed by atoms with Crippen molar-refractivity contribution in [1.82, 2.24) is 4.90 Å². The Kier molecular flexibility index (Phi) is 5.80. The second kappa shape index (κ2) is 7.64. The Bertz CT molecular complexity index is 766. The Morgan fingerprint density at radius 2 is 1.71 bits per heavy atom. The van der Waals surface area contributed by atoms with Crippen LogP contribution in [-0.2, 0) is 9.53 Å². The summed E-state index contributed by atoms with van der Waals surface area (Å²) in [5.74, 6) is -2.15. The van der Waals surface area contributed by atoms with Crippen LogP contribution in [0.5, 0.6) is 0 Å². The molecular weight excluding hydrogens is 356 g/mol. The summed E-state index contributed by atoms with van der Waals surface area (Å²) in [5.41, 5.74) is 0.293. The molecule has 0 N–H and O–H groups in total. The van der Waals surface area contributed by atoms with Crippen molar-refractivity contribution >= 4 is 35.1 Å². The largest absolute Gasteiger partial charge is 0.444 e. The van der Waals surface area contributed by atoms with Gasteiger partial charge in [0.05, 0.1) is 15.6 Å². The van der Waals surface area contributed by atoms with Crippen LogP contribution in [0.1, 0.15) is 22.0 Å². The Morgan fingerprint density at radius 1 is 1.08 bits per heavy atom. The molecule has 0 saturated carbocycles. The van der Waals surface area contributed by atoms with Crippen molar-refractivity contribution in [3.05, 3.63) is 69.5 Å². The average Bonchev–Trinajstić information content (AvgIpc) is 2.55. The van der Waals surface area contributed by atoms with Crippen LogP contribution in [0.3, 0.4) is 0 Å². The highest BCUT2D eigenvalue weighted by atomic mass is 35.5. The molecule has 0 heterocycles. The highest BCUT2D eigenvalue weighted by Crippen LogP contribution is 2.27. The minimum Gasteiger partial charge on any atom is -0.444 e. The Balaban J connectivity index is 2.35. The van der Waals surface area contributed by atoms with Gasteiger partial charge in [0.15, 0.2) is 0 Å². The molecular formula is C17H14Cl2FNO3. The molecule has 0 aliphatic carbocycles. The van der Waals surface area contributed by atoms with E-state index in [4.69, 9.17) is 27.9 Å². The third kappa shape index (κ3) is 4.04. The summed E-state index contributed by atoms with van der Waals surface area (Å²) in [6.45, 7) is 0. The molecule has 24 heavy (non-hydrogen) atoms. The first-order valence-electron chi connectivity index (χ1n) is 6.93. The summed E-state index contributed by atoms with van der Waals surface area (Å²) in [6, 6.07) is 10.5. The van der Waals surface area contributed by atoms with Gasteiger partial charge in [-0.1, -0.05) is 53.5 Å². The van der Waals surface area contributed by atoms with Gasteiger partial charge in [0, 0.05) is 19.7 Å². The number of carbonyl (C=O) groups excluding carboxylic acids is 2. The third-order valence-corrected chi connectivity index (χ3v) is 3.82. The zero-order valence-corrected chi connectivity index (χ0v) is 14.4. The van der Waals surface area contributed by atoms with Crippen LogP contribution < -0.4 is 0 Å². The number of carbonyl (C=O) groups is 2. The number of likely N-dealkylation sites (N-methyl/N-ethyl adjacent to an activating group) is 1. The number of ether oxygens (including phenoxy) is 1. The predicted octanol–water partition coefficient (Wildman–Crippen LogP) is 4.12. The van der Waals surface area contributed by atoms with Crippen molar-refractivity contribution in [3.8, 4) is 0 Å². The van der Waals surface area contributed by atoms with E-state index in [1.54, 1.807) is 44.4 Å². The normalized spacial score (nSPS) is 11.7. The molecule has 2 aromatic carbocycles. The molecule has 7 heteroatoms. The molecule has 0 aliphatic heterocycles. The zero-order chi connectivity index (χ0) is 17.9. The van der Waals surface area contributed by atoms with E-state index in [-0.39, 0.29) is 15.6 Å². The molecule has 0 aliphatic rings. The lowest BCUT2D eigenvalue weighted by Crippen LogP contribution is -2.31. The van der Waals surface area contributed by atoms with Crippen molar-refractivity contribution in [2.45, 2.75) is 6.10 Å². The summed E-state index contributed by atoms with van der Waals surface area (Å²) >= 11 is 11.5. The van der Waals surface area contributed by atoms with E-state index in [9.17, 15) is 14.0 Å². The number of esters is 1. The van der Waals surface area contributed by atoms with Crippen LogP contribution in [0.2, 0.25) is 10.0 Å². The number of amides is 1. The third-order valence-electron chi connectivity index (χ3n) is 3.22. The fraction of sp³-hybridized carbons (Fsp3) is 0.176. The lowest BCUT2D eigenvalue weighted by atomic mass is 10.1. The van der Waals surface area contributed by atoms with Crippen molar-refractivity contribution < 1.29 is 18.7 Å². The van der Waals surface area contributed by atoms with Gasteiger partial charge in [-0.05, 0) is 12.1 Å². The fourth-order valence-electron chi connectivity index (χ4n) is 1.97. The first-order valence-corrected chi connectivity index (χ1v) is 7.68. The lowest BCUT2D eigenvalue weighted by Gasteiger charge is -2.21. The number of halogens is 3. The van der Waals surface area contributed by atoms with Crippen molar-refractivity contribution in [2.24, 2.45) is 0 Å². The molecule has 2 rings (SSSR count). The molecule has 0 saturated heterocycles. The molecule has 0 radical (unpaired) electrons. The van der Waals surface area contributed by atoms with E-state index < -0.39 is 23.8 Å². The average molecular weight is 370 g/mol. The van der Waals surface area contributed by atoms with E-state index in [1.807, 2.05) is 0 Å². The van der Waals surface area contributed by atoms with Crippen LogP contribution in [0.4, 0.5) is 4.39 Å². The molecule has 0 aromatic heterocycles. The molecule has 0 spiro atoms. The smallest absolute Gasteiger partial charge is 0.340 e. The summed E-state index contributed by atoms with van der Waals surface area (Å²) in [5, 5.41) is -0.268. The molecule has 0 unspecified atom stereocenters. The minimum absolute atomic E-state index is 0.0597. The quantitative estimate of drug-likeness (QED) is 0.601. The summed E-state index contributed by atoms with van der Waals surface area (Å²) in [4.78, 5) is 26.0. The first-order chi connectivity index (χ1) is 11.3.